The van der Waals surface area contributed by atoms with Crippen LogP contribution in [-0.2, 0) is 9.59 Å². The number of piperidine rings is 1. The molecule has 3 heterocycles. The molecule has 2 aliphatic heterocycles. The maximum Gasteiger partial charge on any atom is 0.251 e. The standard InChI is InChI=1S/C33H48N6O3.ClH/c1-5-6-18-39-31(41)27(21-24-10-8-7-9-11-24)35-32(42)33(39)16-19-38(20-17-33)29(28-22(2)36-37-23(28)3)25-12-14-26(15-13-25)30(40)34-4;/h12-15,24,27,29H,5-11,16-21H2,1-4H3,(H,34,40)(H,35,42)(H,36,37);1H/t27-,29?;/m0./s1. The number of carbonyl (C=O) groups excluding carboxylic acids is 3. The van der Waals surface area contributed by atoms with Crippen molar-refractivity contribution in [2.75, 3.05) is 26.7 Å². The first kappa shape index (κ1) is 33.0. The van der Waals surface area contributed by atoms with E-state index in [9.17, 15) is 14.4 Å². The molecule has 2 saturated heterocycles. The van der Waals surface area contributed by atoms with E-state index in [2.05, 4.69) is 32.7 Å². The number of hydrogen-bond donors (Lipinski definition) is 3. The number of nitrogens with zero attached hydrogens (tertiary/aromatic N) is 3. The third-order valence-electron chi connectivity index (χ3n) is 10.0. The van der Waals surface area contributed by atoms with Crippen LogP contribution in [0.3, 0.4) is 0 Å². The van der Waals surface area contributed by atoms with Gasteiger partial charge in [0.25, 0.3) is 5.91 Å². The molecule has 236 valence electrons. The van der Waals surface area contributed by atoms with Crippen LogP contribution in [0.1, 0.15) is 110 Å². The molecule has 10 heteroatoms. The summed E-state index contributed by atoms with van der Waals surface area (Å²) in [7, 11) is 1.63. The van der Waals surface area contributed by atoms with E-state index in [4.69, 9.17) is 0 Å². The minimum absolute atomic E-state index is 0. The fourth-order valence-electron chi connectivity index (χ4n) is 7.57. The maximum atomic E-state index is 14.0. The van der Waals surface area contributed by atoms with E-state index >= 15 is 0 Å². The minimum Gasteiger partial charge on any atom is -0.355 e. The highest BCUT2D eigenvalue weighted by atomic mass is 35.5. The lowest BCUT2D eigenvalue weighted by Crippen LogP contribution is -2.73. The molecule has 0 bridgehead atoms. The number of rotatable bonds is 9. The molecule has 3 fully saturated rings. The van der Waals surface area contributed by atoms with Crippen molar-refractivity contribution in [1.29, 1.82) is 0 Å². The molecule has 3 amide bonds. The van der Waals surface area contributed by atoms with E-state index in [0.717, 1.165) is 54.6 Å². The third kappa shape index (κ3) is 6.63. The molecule has 0 radical (unpaired) electrons. The van der Waals surface area contributed by atoms with Crippen molar-refractivity contribution < 1.29 is 14.4 Å². The van der Waals surface area contributed by atoms with Gasteiger partial charge in [-0.05, 0) is 63.1 Å². The molecule has 43 heavy (non-hydrogen) atoms. The van der Waals surface area contributed by atoms with Crippen molar-refractivity contribution in [3.63, 3.8) is 0 Å². The fourth-order valence-corrected chi connectivity index (χ4v) is 7.57. The summed E-state index contributed by atoms with van der Waals surface area (Å²) in [5, 5.41) is 13.5. The summed E-state index contributed by atoms with van der Waals surface area (Å²) in [6.45, 7) is 8.17. The molecular weight excluding hydrogens is 564 g/mol. The third-order valence-corrected chi connectivity index (χ3v) is 10.0. The molecule has 1 saturated carbocycles. The Balaban J connectivity index is 0.00000423. The largest absolute Gasteiger partial charge is 0.355 e. The maximum absolute atomic E-state index is 14.0. The highest BCUT2D eigenvalue weighted by Gasteiger charge is 2.54. The first-order valence-corrected chi connectivity index (χ1v) is 16.0. The Kier molecular flexibility index (Phi) is 10.9. The summed E-state index contributed by atoms with van der Waals surface area (Å²) in [6, 6.07) is 7.29. The monoisotopic (exact) mass is 612 g/mol. The number of amides is 3. The van der Waals surface area contributed by atoms with Gasteiger partial charge in [0, 0.05) is 43.5 Å². The summed E-state index contributed by atoms with van der Waals surface area (Å²) < 4.78 is 0. The number of aromatic nitrogens is 2. The molecule has 1 aromatic carbocycles. The van der Waals surface area contributed by atoms with Crippen molar-refractivity contribution in [2.24, 2.45) is 5.92 Å². The zero-order chi connectivity index (χ0) is 29.9. The second-order valence-electron chi connectivity index (χ2n) is 12.6. The van der Waals surface area contributed by atoms with E-state index in [1.807, 2.05) is 43.0 Å². The molecule has 9 nitrogen and oxygen atoms in total. The molecule has 2 aromatic rings. The zero-order valence-corrected chi connectivity index (χ0v) is 27.0. The average molecular weight is 613 g/mol. The van der Waals surface area contributed by atoms with Gasteiger partial charge in [-0.15, -0.1) is 12.4 Å². The second-order valence-corrected chi connectivity index (χ2v) is 12.6. The highest BCUT2D eigenvalue weighted by Crippen LogP contribution is 2.40. The topological polar surface area (TPSA) is 110 Å². The summed E-state index contributed by atoms with van der Waals surface area (Å²) in [5.74, 6) is 0.551. The molecule has 3 aliphatic rings. The van der Waals surface area contributed by atoms with Gasteiger partial charge in [0.05, 0.1) is 11.7 Å². The van der Waals surface area contributed by atoms with Crippen LogP contribution in [0.4, 0.5) is 0 Å². The van der Waals surface area contributed by atoms with Crippen molar-refractivity contribution in [3.8, 4) is 0 Å². The van der Waals surface area contributed by atoms with Crippen LogP contribution >= 0.6 is 12.4 Å². The summed E-state index contributed by atoms with van der Waals surface area (Å²) in [4.78, 5) is 44.6. The van der Waals surface area contributed by atoms with Crippen LogP contribution in [0.2, 0.25) is 0 Å². The molecule has 1 unspecified atom stereocenters. The molecule has 1 spiro atoms. The summed E-state index contributed by atoms with van der Waals surface area (Å²) in [5.41, 5.74) is 3.96. The van der Waals surface area contributed by atoms with Crippen molar-refractivity contribution in [3.05, 3.63) is 52.3 Å². The van der Waals surface area contributed by atoms with E-state index in [1.165, 1.54) is 19.3 Å². The van der Waals surface area contributed by atoms with Crippen molar-refractivity contribution >= 4 is 30.1 Å². The number of H-pyrrole nitrogens is 1. The summed E-state index contributed by atoms with van der Waals surface area (Å²) in [6.07, 6.45) is 9.88. The van der Waals surface area contributed by atoms with Gasteiger partial charge in [0.15, 0.2) is 0 Å². The molecule has 5 rings (SSSR count). The SMILES string of the molecule is CCCCN1C(=O)[C@H](CC2CCCCC2)NC(=O)C12CCN(C(c1ccc(C(=O)NC)cc1)c1c(C)n[nH]c1C)CC2.Cl. The Morgan fingerprint density at radius 1 is 1.09 bits per heavy atom. The smallest absolute Gasteiger partial charge is 0.251 e. The second kappa shape index (κ2) is 14.2. The van der Waals surface area contributed by atoms with Crippen LogP contribution in [0.5, 0.6) is 0 Å². The fraction of sp³-hybridized carbons (Fsp3) is 0.636. The molecule has 1 aromatic heterocycles. The number of carbonyl (C=O) groups is 3. The molecule has 3 N–H and O–H groups in total. The Hall–Kier alpha value is -2.91. The number of benzene rings is 1. The highest BCUT2D eigenvalue weighted by molar-refractivity contribution is 6.00. The van der Waals surface area contributed by atoms with Gasteiger partial charge >= 0.3 is 0 Å². The van der Waals surface area contributed by atoms with Crippen molar-refractivity contribution in [2.45, 2.75) is 103 Å². The predicted molar refractivity (Wildman–Crippen MR) is 170 cm³/mol. The van der Waals surface area contributed by atoms with Gasteiger partial charge in [-0.1, -0.05) is 57.6 Å². The van der Waals surface area contributed by atoms with Gasteiger partial charge in [0.1, 0.15) is 11.6 Å². The Morgan fingerprint density at radius 3 is 2.35 bits per heavy atom. The number of nitrogens with one attached hydrogen (secondary N) is 3. The molecule has 2 atom stereocenters. The predicted octanol–water partition coefficient (Wildman–Crippen LogP) is 4.83. The van der Waals surface area contributed by atoms with Crippen molar-refractivity contribution in [1.82, 2.24) is 30.6 Å². The number of hydrogen-bond acceptors (Lipinski definition) is 5. The Morgan fingerprint density at radius 2 is 1.77 bits per heavy atom. The van der Waals surface area contributed by atoms with Crippen LogP contribution < -0.4 is 10.6 Å². The molecule has 1 aliphatic carbocycles. The summed E-state index contributed by atoms with van der Waals surface area (Å²) >= 11 is 0. The van der Waals surface area contributed by atoms with E-state index < -0.39 is 11.6 Å². The molecular formula is C33H49ClN6O3. The Bertz CT molecular complexity index is 1240. The number of likely N-dealkylation sites (tertiary alicyclic amines) is 1. The van der Waals surface area contributed by atoms with Crippen LogP contribution in [0, 0.1) is 19.8 Å². The first-order valence-electron chi connectivity index (χ1n) is 16.0. The Labute approximate surface area is 262 Å². The number of aryl methyl sites for hydroxylation is 2. The first-order chi connectivity index (χ1) is 20.3. The van der Waals surface area contributed by atoms with Gasteiger partial charge in [-0.25, -0.2) is 0 Å². The van der Waals surface area contributed by atoms with Crippen LogP contribution in [0.25, 0.3) is 0 Å². The van der Waals surface area contributed by atoms with E-state index in [-0.39, 0.29) is 36.2 Å². The van der Waals surface area contributed by atoms with Crippen LogP contribution in [0.15, 0.2) is 24.3 Å². The lowest BCUT2D eigenvalue weighted by Gasteiger charge is -2.53. The number of unbranched alkanes of at least 4 members (excludes halogenated alkanes) is 1. The van der Waals surface area contributed by atoms with Crippen LogP contribution in [-0.4, -0.2) is 76.0 Å². The van der Waals surface area contributed by atoms with Gasteiger partial charge in [-0.2, -0.15) is 5.10 Å². The van der Waals surface area contributed by atoms with Gasteiger partial charge < -0.3 is 15.5 Å². The quantitative estimate of drug-likeness (QED) is 0.376. The van der Waals surface area contributed by atoms with E-state index in [0.29, 0.717) is 44.0 Å². The van der Waals surface area contributed by atoms with E-state index in [1.54, 1.807) is 7.05 Å². The lowest BCUT2D eigenvalue weighted by atomic mass is 9.78. The average Bonchev–Trinajstić information content (AvgIpc) is 3.34. The number of aromatic amines is 1. The van der Waals surface area contributed by atoms with Gasteiger partial charge in [0.2, 0.25) is 11.8 Å². The minimum atomic E-state index is -0.806. The lowest BCUT2D eigenvalue weighted by molar-refractivity contribution is -0.162. The normalized spacial score (nSPS) is 21.8. The number of halogens is 1. The number of piperazine rings is 1. The zero-order valence-electron chi connectivity index (χ0n) is 26.2. The van der Waals surface area contributed by atoms with Gasteiger partial charge in [-0.3, -0.25) is 24.4 Å².